The number of amides is 2. The van der Waals surface area contributed by atoms with Gasteiger partial charge in [0.05, 0.1) is 18.3 Å². The molecule has 1 aromatic carbocycles. The molecule has 0 saturated carbocycles. The van der Waals surface area contributed by atoms with Crippen molar-refractivity contribution in [3.05, 3.63) is 59.4 Å². The maximum Gasteiger partial charge on any atom is 0.410 e. The number of benzene rings is 1. The van der Waals surface area contributed by atoms with Gasteiger partial charge in [-0.25, -0.2) is 14.6 Å². The van der Waals surface area contributed by atoms with E-state index < -0.39 is 35.1 Å². The fraction of sp³-hybridized carbons (Fsp3) is 0.435. The maximum absolute atomic E-state index is 12.9. The van der Waals surface area contributed by atoms with Crippen molar-refractivity contribution in [2.24, 2.45) is 0 Å². The van der Waals surface area contributed by atoms with Gasteiger partial charge in [0.1, 0.15) is 12.2 Å². The molecule has 2 amide bonds. The van der Waals surface area contributed by atoms with Crippen LogP contribution in [-0.2, 0) is 27.3 Å². The number of nitrogens with zero attached hydrogens (tertiary/aromatic N) is 4. The van der Waals surface area contributed by atoms with Crippen LogP contribution in [0.2, 0.25) is 5.15 Å². The summed E-state index contributed by atoms with van der Waals surface area (Å²) < 4.78 is 36.2. The number of anilines is 1. The van der Waals surface area contributed by atoms with Crippen molar-refractivity contribution < 1.29 is 27.8 Å². The molecule has 1 fully saturated rings. The minimum Gasteiger partial charge on any atom is -0.755 e. The van der Waals surface area contributed by atoms with E-state index in [9.17, 15) is 18.4 Å². The van der Waals surface area contributed by atoms with Crippen LogP contribution in [0.3, 0.4) is 0 Å². The van der Waals surface area contributed by atoms with Gasteiger partial charge in [0.25, 0.3) is 0 Å². The second kappa shape index (κ2) is 11.7. The molecule has 1 aliphatic heterocycles. The lowest BCUT2D eigenvalue weighted by Crippen LogP contribution is -2.60. The highest BCUT2D eigenvalue weighted by molar-refractivity contribution is 7.80. The Bertz CT molecular complexity index is 1050. The molecular formula is C23H28ClN4O6S-. The Morgan fingerprint density at radius 1 is 1.17 bits per heavy atom. The van der Waals surface area contributed by atoms with Gasteiger partial charge >= 0.3 is 12.2 Å². The maximum atomic E-state index is 12.9. The molecule has 2 unspecified atom stereocenters. The number of hydrogen-bond acceptors (Lipinski definition) is 7. The minimum absolute atomic E-state index is 0.00421. The van der Waals surface area contributed by atoms with Crippen LogP contribution in [0, 0.1) is 0 Å². The summed E-state index contributed by atoms with van der Waals surface area (Å²) in [6.45, 7) is 5.54. The quantitative estimate of drug-likeness (QED) is 0.419. The predicted octanol–water partition coefficient (Wildman–Crippen LogP) is 3.59. The van der Waals surface area contributed by atoms with E-state index in [0.717, 1.165) is 9.87 Å². The van der Waals surface area contributed by atoms with Crippen LogP contribution in [0.25, 0.3) is 0 Å². The summed E-state index contributed by atoms with van der Waals surface area (Å²) in [4.78, 5) is 32.5. The Hall–Kier alpha value is -2.89. The third-order valence-electron chi connectivity index (χ3n) is 5.14. The van der Waals surface area contributed by atoms with Gasteiger partial charge in [-0.1, -0.05) is 41.9 Å². The van der Waals surface area contributed by atoms with E-state index >= 15 is 0 Å². The summed E-state index contributed by atoms with van der Waals surface area (Å²) in [6.07, 6.45) is 0.279. The van der Waals surface area contributed by atoms with Gasteiger partial charge in [-0.05, 0) is 38.5 Å². The van der Waals surface area contributed by atoms with Crippen molar-refractivity contribution in [1.29, 1.82) is 0 Å². The van der Waals surface area contributed by atoms with Crippen molar-refractivity contribution in [3.8, 4) is 0 Å². The molecule has 0 bridgehead atoms. The Morgan fingerprint density at radius 3 is 2.51 bits per heavy atom. The van der Waals surface area contributed by atoms with Crippen molar-refractivity contribution in [1.82, 2.24) is 14.8 Å². The van der Waals surface area contributed by atoms with Gasteiger partial charge in [0.15, 0.2) is 5.15 Å². The second-order valence-corrected chi connectivity index (χ2v) is 10.1. The number of piperazine rings is 1. The van der Waals surface area contributed by atoms with Gasteiger partial charge < -0.3 is 18.9 Å². The lowest BCUT2D eigenvalue weighted by Gasteiger charge is -2.43. The first kappa shape index (κ1) is 26.7. The van der Waals surface area contributed by atoms with Gasteiger partial charge in [-0.3, -0.25) is 13.4 Å². The van der Waals surface area contributed by atoms with E-state index in [1.54, 1.807) is 26.8 Å². The zero-order valence-corrected chi connectivity index (χ0v) is 21.3. The molecule has 0 N–H and O–H groups in total. The Labute approximate surface area is 212 Å². The highest BCUT2D eigenvalue weighted by atomic mass is 35.5. The third kappa shape index (κ3) is 7.55. The summed E-state index contributed by atoms with van der Waals surface area (Å²) in [6, 6.07) is 11.6. The van der Waals surface area contributed by atoms with Gasteiger partial charge in [0.2, 0.25) is 0 Å². The molecule has 10 nitrogen and oxygen atoms in total. The van der Waals surface area contributed by atoms with E-state index in [0.29, 0.717) is 0 Å². The average Bonchev–Trinajstić information content (AvgIpc) is 2.81. The largest absolute Gasteiger partial charge is 0.755 e. The Kier molecular flexibility index (Phi) is 8.92. The van der Waals surface area contributed by atoms with Crippen molar-refractivity contribution in [2.45, 2.75) is 39.0 Å². The normalized spacial score (nSPS) is 17.0. The Morgan fingerprint density at radius 2 is 1.89 bits per heavy atom. The highest BCUT2D eigenvalue weighted by Crippen LogP contribution is 2.26. The lowest BCUT2D eigenvalue weighted by atomic mass is 10.1. The molecule has 35 heavy (non-hydrogen) atoms. The number of rotatable bonds is 6. The number of carbonyl (C=O) groups excluding carboxylic acids is 2. The molecule has 12 heteroatoms. The van der Waals surface area contributed by atoms with Gasteiger partial charge in [0, 0.05) is 37.1 Å². The first-order chi connectivity index (χ1) is 16.5. The van der Waals surface area contributed by atoms with Crippen molar-refractivity contribution in [3.63, 3.8) is 0 Å². The molecular weight excluding hydrogens is 496 g/mol. The Balaban J connectivity index is 1.79. The molecule has 0 spiro atoms. The lowest BCUT2D eigenvalue weighted by molar-refractivity contribution is -0.00162. The van der Waals surface area contributed by atoms with E-state index in [2.05, 4.69) is 4.98 Å². The molecule has 3 rings (SSSR count). The molecule has 2 aromatic rings. The molecule has 2 heterocycles. The van der Waals surface area contributed by atoms with Crippen LogP contribution in [0.1, 0.15) is 26.3 Å². The predicted molar refractivity (Wildman–Crippen MR) is 130 cm³/mol. The summed E-state index contributed by atoms with van der Waals surface area (Å²) in [7, 11) is 0. The van der Waals surface area contributed by atoms with E-state index in [1.807, 2.05) is 30.3 Å². The molecule has 1 saturated heterocycles. The molecule has 2 atom stereocenters. The fourth-order valence-corrected chi connectivity index (χ4v) is 4.42. The number of ether oxygens (including phenoxy) is 2. The summed E-state index contributed by atoms with van der Waals surface area (Å²) >= 11 is 3.41. The van der Waals surface area contributed by atoms with Crippen molar-refractivity contribution >= 4 is 40.7 Å². The summed E-state index contributed by atoms with van der Waals surface area (Å²) in [5.41, 5.74) is 0.250. The summed E-state index contributed by atoms with van der Waals surface area (Å²) in [5.74, 6) is 0. The third-order valence-corrected chi connectivity index (χ3v) is 6.14. The number of halogens is 1. The van der Waals surface area contributed by atoms with Crippen LogP contribution in [0.15, 0.2) is 48.7 Å². The van der Waals surface area contributed by atoms with Crippen molar-refractivity contribution in [2.75, 3.05) is 30.5 Å². The molecule has 1 aromatic heterocycles. The first-order valence-electron chi connectivity index (χ1n) is 11.0. The van der Waals surface area contributed by atoms with E-state index in [4.69, 9.17) is 21.1 Å². The number of carbonyl (C=O) groups is 2. The van der Waals surface area contributed by atoms with Crippen LogP contribution in [-0.4, -0.2) is 73.6 Å². The average molecular weight is 524 g/mol. The zero-order chi connectivity index (χ0) is 25.6. The van der Waals surface area contributed by atoms with Crippen LogP contribution in [0.5, 0.6) is 0 Å². The summed E-state index contributed by atoms with van der Waals surface area (Å²) in [5, 5.41) is -0.00421. The molecule has 0 radical (unpaired) electrons. The number of aromatic nitrogens is 1. The minimum atomic E-state index is -2.72. The SMILES string of the molecule is CC(C)(C)OC(=O)N1CCN(C(=O)OCc2ccccc2)CC1CN(c1cccnc1Cl)S(=O)[O-]. The topological polar surface area (TPSA) is 115 Å². The smallest absolute Gasteiger partial charge is 0.410 e. The van der Waals surface area contributed by atoms with Crippen LogP contribution >= 0.6 is 11.6 Å². The first-order valence-corrected chi connectivity index (χ1v) is 12.4. The second-order valence-electron chi connectivity index (χ2n) is 8.91. The number of hydrogen-bond donors (Lipinski definition) is 0. The fourth-order valence-electron chi connectivity index (χ4n) is 3.54. The standard InChI is InChI=1S/C23H29ClN4O6S/c1-23(2,3)34-22(30)27-13-12-26(21(29)33-16-17-8-5-4-6-9-17)14-18(27)15-28(35(31)32)19-10-7-11-25-20(19)24/h4-11,18H,12-16H2,1-3H3,(H,31,32)/p-1. The monoisotopic (exact) mass is 523 g/mol. The zero-order valence-electron chi connectivity index (χ0n) is 19.8. The molecule has 190 valence electrons. The van der Waals surface area contributed by atoms with Gasteiger partial charge in [-0.2, -0.15) is 0 Å². The van der Waals surface area contributed by atoms with Gasteiger partial charge in [-0.15, -0.1) is 0 Å². The van der Waals surface area contributed by atoms with E-state index in [-0.39, 0.29) is 43.6 Å². The molecule has 1 aliphatic rings. The van der Waals surface area contributed by atoms with Crippen LogP contribution < -0.4 is 4.31 Å². The highest BCUT2D eigenvalue weighted by Gasteiger charge is 2.37. The van der Waals surface area contributed by atoms with Crippen LogP contribution in [0.4, 0.5) is 15.3 Å². The molecule has 0 aliphatic carbocycles. The number of pyridine rings is 1. The van der Waals surface area contributed by atoms with E-state index in [1.165, 1.54) is 22.1 Å².